The van der Waals surface area contributed by atoms with Crippen LogP contribution in [0.1, 0.15) is 78.6 Å². The van der Waals surface area contributed by atoms with Crippen molar-refractivity contribution in [2.45, 2.75) is 78.6 Å². The van der Waals surface area contributed by atoms with E-state index in [4.69, 9.17) is 0 Å². The molecule has 0 aromatic heterocycles. The molecule has 0 bridgehead atoms. The average molecular weight is 285 g/mol. The first-order chi connectivity index (χ1) is 9.74. The van der Waals surface area contributed by atoms with Gasteiger partial charge in [0.2, 0.25) is 0 Å². The van der Waals surface area contributed by atoms with Crippen molar-refractivity contribution in [1.82, 2.24) is 9.80 Å². The zero-order valence-corrected chi connectivity index (χ0v) is 14.8. The van der Waals surface area contributed by atoms with E-state index < -0.39 is 0 Å². The minimum atomic E-state index is 1.18. The smallest absolute Gasteiger partial charge is 0.00184 e. The lowest BCUT2D eigenvalue weighted by Gasteiger charge is -2.21. The highest BCUT2D eigenvalue weighted by Gasteiger charge is 2.02. The molecule has 0 aromatic rings. The van der Waals surface area contributed by atoms with Gasteiger partial charge < -0.3 is 9.80 Å². The third-order valence-electron chi connectivity index (χ3n) is 4.33. The zero-order chi connectivity index (χ0) is 15.1. The van der Waals surface area contributed by atoms with E-state index in [1.54, 1.807) is 0 Å². The molecule has 0 aliphatic carbocycles. The average Bonchev–Trinajstić information content (AvgIpc) is 2.48. The Labute approximate surface area is 128 Å². The van der Waals surface area contributed by atoms with E-state index in [0.717, 1.165) is 0 Å². The second-order valence-electron chi connectivity index (χ2n) is 6.16. The van der Waals surface area contributed by atoms with Gasteiger partial charge in [-0.3, -0.25) is 0 Å². The molecule has 0 N–H and O–H groups in total. The maximum Gasteiger partial charge on any atom is -0.00184 e. The highest BCUT2D eigenvalue weighted by atomic mass is 15.1. The van der Waals surface area contributed by atoms with Gasteiger partial charge in [0.25, 0.3) is 0 Å². The molecule has 0 amide bonds. The minimum Gasteiger partial charge on any atom is -0.307 e. The number of nitrogens with zero attached hydrogens (tertiary/aromatic N) is 2. The molecule has 20 heavy (non-hydrogen) atoms. The predicted octanol–water partition coefficient (Wildman–Crippen LogP) is 4.79. The highest BCUT2D eigenvalue weighted by Crippen LogP contribution is 2.08. The van der Waals surface area contributed by atoms with E-state index in [9.17, 15) is 0 Å². The van der Waals surface area contributed by atoms with E-state index in [2.05, 4.69) is 37.6 Å². The largest absolute Gasteiger partial charge is 0.307 e. The van der Waals surface area contributed by atoms with Crippen molar-refractivity contribution in [3.05, 3.63) is 0 Å². The van der Waals surface area contributed by atoms with Crippen LogP contribution in [0.25, 0.3) is 0 Å². The fourth-order valence-electron chi connectivity index (χ4n) is 2.60. The molecule has 0 aromatic carbocycles. The molecule has 0 spiro atoms. The van der Waals surface area contributed by atoms with Crippen molar-refractivity contribution < 1.29 is 0 Å². The van der Waals surface area contributed by atoms with Gasteiger partial charge in [-0.25, -0.2) is 0 Å². The fourth-order valence-corrected chi connectivity index (χ4v) is 2.60. The van der Waals surface area contributed by atoms with Crippen molar-refractivity contribution in [2.24, 2.45) is 0 Å². The summed E-state index contributed by atoms with van der Waals surface area (Å²) in [5.74, 6) is 0. The number of rotatable bonds is 15. The van der Waals surface area contributed by atoms with Crippen LogP contribution in [-0.2, 0) is 0 Å². The molecule has 0 saturated carbocycles. The Morgan fingerprint density at radius 1 is 0.550 bits per heavy atom. The van der Waals surface area contributed by atoms with Crippen LogP contribution in [0.5, 0.6) is 0 Å². The van der Waals surface area contributed by atoms with Gasteiger partial charge in [0.15, 0.2) is 0 Å². The van der Waals surface area contributed by atoms with Gasteiger partial charge in [0, 0.05) is 0 Å². The first kappa shape index (κ1) is 19.9. The number of hydrogen-bond acceptors (Lipinski definition) is 2. The Morgan fingerprint density at radius 2 is 1.05 bits per heavy atom. The van der Waals surface area contributed by atoms with Gasteiger partial charge in [-0.2, -0.15) is 0 Å². The monoisotopic (exact) mass is 284 g/mol. The van der Waals surface area contributed by atoms with E-state index in [0.29, 0.717) is 0 Å². The Bertz CT molecular complexity index is 182. The SMILES string of the molecule is CCCCCCCCCN(CC)CCCCN(C)CC. The van der Waals surface area contributed by atoms with E-state index in [-0.39, 0.29) is 0 Å². The van der Waals surface area contributed by atoms with Crippen molar-refractivity contribution in [3.63, 3.8) is 0 Å². The molecule has 0 saturated heterocycles. The Kier molecular flexibility index (Phi) is 15.3. The summed E-state index contributed by atoms with van der Waals surface area (Å²) in [5.41, 5.74) is 0. The summed E-state index contributed by atoms with van der Waals surface area (Å²) >= 11 is 0. The lowest BCUT2D eigenvalue weighted by molar-refractivity contribution is 0.263. The van der Waals surface area contributed by atoms with Crippen molar-refractivity contribution in [1.29, 1.82) is 0 Å². The molecule has 0 heterocycles. The van der Waals surface area contributed by atoms with Crippen molar-refractivity contribution >= 4 is 0 Å². The summed E-state index contributed by atoms with van der Waals surface area (Å²) in [5, 5.41) is 0. The molecular weight excluding hydrogens is 244 g/mol. The summed E-state index contributed by atoms with van der Waals surface area (Å²) in [6.45, 7) is 13.1. The zero-order valence-electron chi connectivity index (χ0n) is 14.8. The van der Waals surface area contributed by atoms with Gasteiger partial charge in [0.05, 0.1) is 0 Å². The van der Waals surface area contributed by atoms with Crippen LogP contribution in [0.3, 0.4) is 0 Å². The highest BCUT2D eigenvalue weighted by molar-refractivity contribution is 4.58. The normalized spacial score (nSPS) is 11.7. The van der Waals surface area contributed by atoms with Crippen LogP contribution in [0, 0.1) is 0 Å². The topological polar surface area (TPSA) is 6.48 Å². The molecule has 0 unspecified atom stereocenters. The van der Waals surface area contributed by atoms with Gasteiger partial charge in [-0.05, 0) is 59.0 Å². The van der Waals surface area contributed by atoms with Gasteiger partial charge >= 0.3 is 0 Å². The molecule has 0 atom stereocenters. The number of hydrogen-bond donors (Lipinski definition) is 0. The summed E-state index contributed by atoms with van der Waals surface area (Å²) in [4.78, 5) is 5.05. The molecule has 2 heteroatoms. The molecule has 0 aliphatic rings. The molecule has 2 nitrogen and oxygen atoms in total. The lowest BCUT2D eigenvalue weighted by atomic mass is 10.1. The predicted molar refractivity (Wildman–Crippen MR) is 92.5 cm³/mol. The number of unbranched alkanes of at least 4 members (excludes halogenated alkanes) is 7. The molecule has 0 radical (unpaired) electrons. The van der Waals surface area contributed by atoms with Crippen LogP contribution >= 0.6 is 0 Å². The van der Waals surface area contributed by atoms with Gasteiger partial charge in [-0.15, -0.1) is 0 Å². The van der Waals surface area contributed by atoms with Crippen molar-refractivity contribution in [3.8, 4) is 0 Å². The van der Waals surface area contributed by atoms with Crippen LogP contribution < -0.4 is 0 Å². The third kappa shape index (κ3) is 12.9. The molecule has 0 rings (SSSR count). The van der Waals surface area contributed by atoms with Crippen LogP contribution in [0.4, 0.5) is 0 Å². The van der Waals surface area contributed by atoms with E-state index in [1.165, 1.54) is 90.5 Å². The molecule has 122 valence electrons. The first-order valence-corrected chi connectivity index (χ1v) is 9.15. The lowest BCUT2D eigenvalue weighted by Crippen LogP contribution is -2.27. The van der Waals surface area contributed by atoms with E-state index in [1.807, 2.05) is 0 Å². The third-order valence-corrected chi connectivity index (χ3v) is 4.33. The Balaban J connectivity index is 3.38. The summed E-state index contributed by atoms with van der Waals surface area (Å²) < 4.78 is 0. The second kappa shape index (κ2) is 15.3. The summed E-state index contributed by atoms with van der Waals surface area (Å²) in [6, 6.07) is 0. The summed E-state index contributed by atoms with van der Waals surface area (Å²) in [7, 11) is 2.22. The second-order valence-corrected chi connectivity index (χ2v) is 6.16. The molecular formula is C18H40N2. The van der Waals surface area contributed by atoms with Gasteiger partial charge in [0.1, 0.15) is 0 Å². The van der Waals surface area contributed by atoms with E-state index >= 15 is 0 Å². The standard InChI is InChI=1S/C18H40N2/c1-5-8-9-10-11-12-13-17-20(7-3)18-15-14-16-19(4)6-2/h5-18H2,1-4H3. The minimum absolute atomic E-state index is 1.18. The molecule has 0 fully saturated rings. The quantitative estimate of drug-likeness (QED) is 0.399. The maximum absolute atomic E-state index is 2.64. The van der Waals surface area contributed by atoms with Crippen LogP contribution in [-0.4, -0.2) is 49.6 Å². The Morgan fingerprint density at radius 3 is 1.60 bits per heavy atom. The first-order valence-electron chi connectivity index (χ1n) is 9.15. The maximum atomic E-state index is 2.64. The fraction of sp³-hybridized carbons (Fsp3) is 1.00. The van der Waals surface area contributed by atoms with Crippen LogP contribution in [0.15, 0.2) is 0 Å². The summed E-state index contributed by atoms with van der Waals surface area (Å²) in [6.07, 6.45) is 12.6. The molecule has 0 aliphatic heterocycles. The van der Waals surface area contributed by atoms with Crippen LogP contribution in [0.2, 0.25) is 0 Å². The van der Waals surface area contributed by atoms with Crippen molar-refractivity contribution in [2.75, 3.05) is 39.8 Å². The Hall–Kier alpha value is -0.0800. The van der Waals surface area contributed by atoms with Gasteiger partial charge in [-0.1, -0.05) is 59.3 Å².